The fourth-order valence-corrected chi connectivity index (χ4v) is 1.83. The SMILES string of the molecule is CCCCOC(=O)C(CC)(CCC(C)=O)C(C)=O. The predicted molar refractivity (Wildman–Crippen MR) is 69.2 cm³/mol. The molecule has 0 aliphatic carbocycles. The molecule has 0 spiro atoms. The van der Waals surface area contributed by atoms with Gasteiger partial charge in [-0.3, -0.25) is 9.59 Å². The van der Waals surface area contributed by atoms with Crippen molar-refractivity contribution >= 4 is 17.5 Å². The third-order valence-electron chi connectivity index (χ3n) is 3.30. The minimum Gasteiger partial charge on any atom is -0.465 e. The number of ketones is 2. The van der Waals surface area contributed by atoms with Crippen LogP contribution in [0.3, 0.4) is 0 Å². The van der Waals surface area contributed by atoms with Gasteiger partial charge in [0, 0.05) is 6.42 Å². The van der Waals surface area contributed by atoms with Crippen molar-refractivity contribution in [2.24, 2.45) is 5.41 Å². The lowest BCUT2D eigenvalue weighted by Gasteiger charge is -2.27. The van der Waals surface area contributed by atoms with Crippen LogP contribution < -0.4 is 0 Å². The molecule has 0 aromatic carbocycles. The van der Waals surface area contributed by atoms with Crippen molar-refractivity contribution in [3.8, 4) is 0 Å². The quantitative estimate of drug-likeness (QED) is 0.361. The monoisotopic (exact) mass is 256 g/mol. The molecule has 0 aromatic heterocycles. The highest BCUT2D eigenvalue weighted by atomic mass is 16.5. The largest absolute Gasteiger partial charge is 0.465 e. The molecule has 0 saturated heterocycles. The van der Waals surface area contributed by atoms with Crippen LogP contribution in [0.15, 0.2) is 0 Å². The lowest BCUT2D eigenvalue weighted by molar-refractivity contribution is -0.161. The van der Waals surface area contributed by atoms with Gasteiger partial charge in [-0.2, -0.15) is 0 Å². The maximum Gasteiger partial charge on any atom is 0.319 e. The van der Waals surface area contributed by atoms with Crippen LogP contribution in [0, 0.1) is 5.41 Å². The molecule has 0 heterocycles. The van der Waals surface area contributed by atoms with Gasteiger partial charge < -0.3 is 9.53 Å². The Labute approximate surface area is 109 Å². The Hall–Kier alpha value is -1.19. The second kappa shape index (κ2) is 8.01. The van der Waals surface area contributed by atoms with Gasteiger partial charge in [-0.05, 0) is 33.1 Å². The van der Waals surface area contributed by atoms with Crippen LogP contribution in [0.1, 0.15) is 59.8 Å². The number of carbonyl (C=O) groups is 3. The summed E-state index contributed by atoms with van der Waals surface area (Å²) in [5.41, 5.74) is -1.14. The van der Waals surface area contributed by atoms with Gasteiger partial charge in [0.2, 0.25) is 0 Å². The van der Waals surface area contributed by atoms with Crippen molar-refractivity contribution in [3.63, 3.8) is 0 Å². The molecule has 0 rings (SSSR count). The van der Waals surface area contributed by atoms with E-state index >= 15 is 0 Å². The van der Waals surface area contributed by atoms with Crippen LogP contribution in [-0.4, -0.2) is 24.1 Å². The number of unbranched alkanes of at least 4 members (excludes halogenated alkanes) is 1. The van der Waals surface area contributed by atoms with Gasteiger partial charge in [-0.15, -0.1) is 0 Å². The van der Waals surface area contributed by atoms with Crippen LogP contribution in [0.5, 0.6) is 0 Å². The van der Waals surface area contributed by atoms with Crippen LogP contribution in [0.4, 0.5) is 0 Å². The first-order valence-electron chi connectivity index (χ1n) is 6.58. The minimum absolute atomic E-state index is 0.0181. The zero-order valence-electron chi connectivity index (χ0n) is 11.9. The minimum atomic E-state index is -1.14. The average molecular weight is 256 g/mol. The smallest absolute Gasteiger partial charge is 0.319 e. The summed E-state index contributed by atoms with van der Waals surface area (Å²) in [7, 11) is 0. The summed E-state index contributed by atoms with van der Waals surface area (Å²) in [5.74, 6) is -0.713. The summed E-state index contributed by atoms with van der Waals surface area (Å²) in [6.07, 6.45) is 2.58. The van der Waals surface area contributed by atoms with Crippen LogP contribution >= 0.6 is 0 Å². The fraction of sp³-hybridized carbons (Fsp3) is 0.786. The van der Waals surface area contributed by atoms with E-state index in [2.05, 4.69) is 0 Å². The fourth-order valence-electron chi connectivity index (χ4n) is 1.83. The third-order valence-corrected chi connectivity index (χ3v) is 3.30. The standard InChI is InChI=1S/C14H24O4/c1-5-7-10-18-13(17)14(6-2,12(4)16)9-8-11(3)15/h5-10H2,1-4H3. The number of esters is 1. The van der Waals surface area contributed by atoms with Crippen LogP contribution in [0.25, 0.3) is 0 Å². The molecule has 1 unspecified atom stereocenters. The Kier molecular flexibility index (Phi) is 7.48. The summed E-state index contributed by atoms with van der Waals surface area (Å²) in [6, 6.07) is 0. The van der Waals surface area contributed by atoms with E-state index in [9.17, 15) is 14.4 Å². The highest BCUT2D eigenvalue weighted by molar-refractivity contribution is 6.03. The number of Topliss-reactive ketones (excluding diaryl/α,β-unsaturated/α-hetero) is 2. The van der Waals surface area contributed by atoms with Crippen molar-refractivity contribution in [3.05, 3.63) is 0 Å². The molecule has 0 aliphatic rings. The molecule has 0 saturated carbocycles. The highest BCUT2D eigenvalue weighted by Gasteiger charge is 2.42. The number of ether oxygens (including phenoxy) is 1. The Morgan fingerprint density at radius 1 is 1.11 bits per heavy atom. The Bertz CT molecular complexity index is 309. The van der Waals surface area contributed by atoms with E-state index in [4.69, 9.17) is 4.74 Å². The molecular weight excluding hydrogens is 232 g/mol. The average Bonchev–Trinajstić information content (AvgIpc) is 2.30. The lowest BCUT2D eigenvalue weighted by atomic mass is 9.77. The van der Waals surface area contributed by atoms with E-state index in [1.54, 1.807) is 6.92 Å². The van der Waals surface area contributed by atoms with E-state index in [1.807, 2.05) is 6.92 Å². The zero-order chi connectivity index (χ0) is 14.2. The van der Waals surface area contributed by atoms with Gasteiger partial charge >= 0.3 is 5.97 Å². The van der Waals surface area contributed by atoms with Gasteiger partial charge in [-0.1, -0.05) is 20.3 Å². The molecule has 0 N–H and O–H groups in total. The summed E-state index contributed by atoms with van der Waals surface area (Å²) < 4.78 is 5.16. The molecular formula is C14H24O4. The number of rotatable bonds is 9. The summed E-state index contributed by atoms with van der Waals surface area (Å²) >= 11 is 0. The molecule has 0 aliphatic heterocycles. The second-order valence-electron chi connectivity index (χ2n) is 4.68. The first-order chi connectivity index (χ1) is 8.40. The van der Waals surface area contributed by atoms with Crippen LogP contribution in [0.2, 0.25) is 0 Å². The molecule has 0 fully saturated rings. The van der Waals surface area contributed by atoms with Crippen molar-refractivity contribution in [1.29, 1.82) is 0 Å². The molecule has 0 amide bonds. The maximum atomic E-state index is 12.1. The molecule has 4 heteroatoms. The summed E-state index contributed by atoms with van der Waals surface area (Å²) in [5, 5.41) is 0. The topological polar surface area (TPSA) is 60.4 Å². The van der Waals surface area contributed by atoms with Crippen molar-refractivity contribution < 1.29 is 19.1 Å². The van der Waals surface area contributed by atoms with E-state index in [-0.39, 0.29) is 24.4 Å². The van der Waals surface area contributed by atoms with Gasteiger partial charge in [0.1, 0.15) is 17.0 Å². The number of hydrogen-bond donors (Lipinski definition) is 0. The van der Waals surface area contributed by atoms with E-state index in [0.717, 1.165) is 12.8 Å². The number of carbonyl (C=O) groups excluding carboxylic acids is 3. The maximum absolute atomic E-state index is 12.1. The Morgan fingerprint density at radius 3 is 2.11 bits per heavy atom. The van der Waals surface area contributed by atoms with Crippen molar-refractivity contribution in [1.82, 2.24) is 0 Å². The van der Waals surface area contributed by atoms with Gasteiger partial charge in [0.25, 0.3) is 0 Å². The first kappa shape index (κ1) is 16.8. The Morgan fingerprint density at radius 2 is 1.72 bits per heavy atom. The van der Waals surface area contributed by atoms with E-state index < -0.39 is 11.4 Å². The molecule has 0 radical (unpaired) electrons. The molecule has 1 atom stereocenters. The third kappa shape index (κ3) is 4.59. The molecule has 104 valence electrons. The highest BCUT2D eigenvalue weighted by Crippen LogP contribution is 2.31. The lowest BCUT2D eigenvalue weighted by Crippen LogP contribution is -2.39. The molecule has 0 aromatic rings. The second-order valence-corrected chi connectivity index (χ2v) is 4.68. The predicted octanol–water partition coefficient (Wildman–Crippen LogP) is 2.68. The number of hydrogen-bond acceptors (Lipinski definition) is 4. The molecule has 0 bridgehead atoms. The van der Waals surface area contributed by atoms with Crippen LogP contribution in [-0.2, 0) is 19.1 Å². The van der Waals surface area contributed by atoms with E-state index in [1.165, 1.54) is 13.8 Å². The zero-order valence-corrected chi connectivity index (χ0v) is 11.9. The summed E-state index contributed by atoms with van der Waals surface area (Å²) in [6.45, 7) is 6.97. The normalized spacial score (nSPS) is 13.8. The summed E-state index contributed by atoms with van der Waals surface area (Å²) in [4.78, 5) is 34.9. The molecule has 18 heavy (non-hydrogen) atoms. The Balaban J connectivity index is 4.78. The van der Waals surface area contributed by atoms with Gasteiger partial charge in [-0.25, -0.2) is 0 Å². The van der Waals surface area contributed by atoms with Crippen molar-refractivity contribution in [2.75, 3.05) is 6.61 Å². The van der Waals surface area contributed by atoms with Gasteiger partial charge in [0.15, 0.2) is 0 Å². The molecule has 4 nitrogen and oxygen atoms in total. The van der Waals surface area contributed by atoms with Gasteiger partial charge in [0.05, 0.1) is 6.61 Å². The first-order valence-corrected chi connectivity index (χ1v) is 6.58. The van der Waals surface area contributed by atoms with E-state index in [0.29, 0.717) is 13.0 Å². The van der Waals surface area contributed by atoms with Crippen molar-refractivity contribution in [2.45, 2.75) is 59.8 Å².